The fourth-order valence-corrected chi connectivity index (χ4v) is 3.42. The maximum atomic E-state index is 12.1. The Balaban J connectivity index is 1.52. The number of thioether (sulfide) groups is 1. The van der Waals surface area contributed by atoms with E-state index in [2.05, 4.69) is 26.5 Å². The van der Waals surface area contributed by atoms with Crippen molar-refractivity contribution in [2.75, 3.05) is 6.79 Å². The number of hydrogen-bond donors (Lipinski definition) is 1. The first-order valence-corrected chi connectivity index (χ1v) is 9.55. The van der Waals surface area contributed by atoms with Gasteiger partial charge in [0.05, 0.1) is 11.5 Å². The summed E-state index contributed by atoms with van der Waals surface area (Å²) >= 11 is 5.02. The standard InChI is InChI=1S/C18H17BrN2O3S/c1-12(25-10-13-5-3-2-4-6-13)18(22)21-20-9-14-7-16-17(8-15(14)19)24-11-23-16/h2-9,12H,10-11H2,1H3,(H,21,22)/b20-9-/t12-/m0/s1. The van der Waals surface area contributed by atoms with Gasteiger partial charge in [-0.05, 0) is 40.5 Å². The zero-order valence-corrected chi connectivity index (χ0v) is 16.0. The van der Waals surface area contributed by atoms with Crippen LogP contribution in [-0.2, 0) is 10.5 Å². The number of hydrazone groups is 1. The van der Waals surface area contributed by atoms with Gasteiger partial charge in [0, 0.05) is 15.8 Å². The number of nitrogens with zero attached hydrogens (tertiary/aromatic N) is 1. The van der Waals surface area contributed by atoms with Gasteiger partial charge in [0.15, 0.2) is 11.5 Å². The van der Waals surface area contributed by atoms with Gasteiger partial charge in [-0.2, -0.15) is 5.10 Å². The number of nitrogens with one attached hydrogen (secondary N) is 1. The Hall–Kier alpha value is -1.99. The van der Waals surface area contributed by atoms with Crippen molar-refractivity contribution in [1.82, 2.24) is 5.43 Å². The van der Waals surface area contributed by atoms with Gasteiger partial charge >= 0.3 is 0 Å². The minimum absolute atomic E-state index is 0.131. The van der Waals surface area contributed by atoms with Crippen LogP contribution in [0.15, 0.2) is 52.0 Å². The average Bonchev–Trinajstić information content (AvgIpc) is 3.07. The third-order valence-corrected chi connectivity index (χ3v) is 5.48. The molecular weight excluding hydrogens is 404 g/mol. The molecule has 0 aliphatic carbocycles. The molecule has 2 aromatic rings. The van der Waals surface area contributed by atoms with Crippen LogP contribution >= 0.6 is 27.7 Å². The molecule has 1 aliphatic heterocycles. The number of carbonyl (C=O) groups excluding carboxylic acids is 1. The van der Waals surface area contributed by atoms with Crippen molar-refractivity contribution >= 4 is 39.8 Å². The van der Waals surface area contributed by atoms with E-state index in [0.717, 1.165) is 15.8 Å². The molecule has 0 bridgehead atoms. The predicted molar refractivity (Wildman–Crippen MR) is 103 cm³/mol. The lowest BCUT2D eigenvalue weighted by Gasteiger charge is -2.09. The number of ether oxygens (including phenoxy) is 2. The van der Waals surface area contributed by atoms with Crippen LogP contribution in [0.1, 0.15) is 18.1 Å². The minimum Gasteiger partial charge on any atom is -0.454 e. The van der Waals surface area contributed by atoms with Gasteiger partial charge in [-0.3, -0.25) is 4.79 Å². The molecule has 1 atom stereocenters. The second kappa shape index (κ2) is 8.40. The smallest absolute Gasteiger partial charge is 0.252 e. The van der Waals surface area contributed by atoms with E-state index in [1.807, 2.05) is 49.4 Å². The highest BCUT2D eigenvalue weighted by Crippen LogP contribution is 2.36. The van der Waals surface area contributed by atoms with E-state index in [0.29, 0.717) is 11.5 Å². The number of benzene rings is 2. The van der Waals surface area contributed by atoms with E-state index in [1.54, 1.807) is 18.0 Å². The van der Waals surface area contributed by atoms with Crippen LogP contribution in [-0.4, -0.2) is 24.2 Å². The highest BCUT2D eigenvalue weighted by Gasteiger charge is 2.16. The summed E-state index contributed by atoms with van der Waals surface area (Å²) in [5, 5.41) is 3.84. The molecule has 5 nitrogen and oxygen atoms in total. The van der Waals surface area contributed by atoms with Crippen molar-refractivity contribution < 1.29 is 14.3 Å². The number of fused-ring (bicyclic) bond motifs is 1. The van der Waals surface area contributed by atoms with E-state index in [4.69, 9.17) is 9.47 Å². The highest BCUT2D eigenvalue weighted by atomic mass is 79.9. The number of amides is 1. The maximum absolute atomic E-state index is 12.1. The summed E-state index contributed by atoms with van der Waals surface area (Å²) in [7, 11) is 0. The van der Waals surface area contributed by atoms with E-state index in [1.165, 1.54) is 5.56 Å². The van der Waals surface area contributed by atoms with Crippen LogP contribution in [0.5, 0.6) is 11.5 Å². The summed E-state index contributed by atoms with van der Waals surface area (Å²) < 4.78 is 11.5. The first-order valence-electron chi connectivity index (χ1n) is 7.71. The number of rotatable bonds is 6. The molecule has 0 fully saturated rings. The molecule has 0 aromatic heterocycles. The summed E-state index contributed by atoms with van der Waals surface area (Å²) in [6.45, 7) is 2.09. The fourth-order valence-electron chi connectivity index (χ4n) is 2.16. The van der Waals surface area contributed by atoms with Crippen LogP contribution in [0.25, 0.3) is 0 Å². The Morgan fingerprint density at radius 1 is 1.32 bits per heavy atom. The summed E-state index contributed by atoms with van der Waals surface area (Å²) in [5.41, 5.74) is 4.57. The summed E-state index contributed by atoms with van der Waals surface area (Å²) in [5.74, 6) is 2.02. The van der Waals surface area contributed by atoms with Crippen molar-refractivity contribution in [3.63, 3.8) is 0 Å². The lowest BCUT2D eigenvalue weighted by Crippen LogP contribution is -2.27. The van der Waals surface area contributed by atoms with Gasteiger partial charge in [0.1, 0.15) is 0 Å². The van der Waals surface area contributed by atoms with Crippen molar-refractivity contribution in [1.29, 1.82) is 0 Å². The Labute approximate surface area is 158 Å². The zero-order valence-electron chi connectivity index (χ0n) is 13.6. The van der Waals surface area contributed by atoms with Crippen molar-refractivity contribution in [3.05, 3.63) is 58.1 Å². The van der Waals surface area contributed by atoms with E-state index in [-0.39, 0.29) is 18.0 Å². The van der Waals surface area contributed by atoms with Crippen LogP contribution in [0, 0.1) is 0 Å². The largest absolute Gasteiger partial charge is 0.454 e. The van der Waals surface area contributed by atoms with Gasteiger partial charge in [-0.25, -0.2) is 5.43 Å². The Morgan fingerprint density at radius 2 is 2.04 bits per heavy atom. The first-order chi connectivity index (χ1) is 12.1. The number of carbonyl (C=O) groups is 1. The Kier molecular flexibility index (Phi) is 5.99. The lowest BCUT2D eigenvalue weighted by atomic mass is 10.2. The normalized spacial score (nSPS) is 13.8. The van der Waals surface area contributed by atoms with Crippen molar-refractivity contribution in [3.8, 4) is 11.5 Å². The summed E-state index contributed by atoms with van der Waals surface area (Å²) in [4.78, 5) is 12.1. The van der Waals surface area contributed by atoms with Crippen molar-refractivity contribution in [2.24, 2.45) is 5.10 Å². The molecule has 1 heterocycles. The van der Waals surface area contributed by atoms with Gasteiger partial charge in [0.25, 0.3) is 5.91 Å². The number of hydrogen-bond acceptors (Lipinski definition) is 5. The molecule has 7 heteroatoms. The molecule has 0 saturated heterocycles. The second-order valence-electron chi connectivity index (χ2n) is 5.40. The number of halogens is 1. The average molecular weight is 421 g/mol. The Bertz CT molecular complexity index is 783. The quantitative estimate of drug-likeness (QED) is 0.567. The van der Waals surface area contributed by atoms with E-state index in [9.17, 15) is 4.79 Å². The molecular formula is C18H17BrN2O3S. The van der Waals surface area contributed by atoms with Crippen LogP contribution in [0.4, 0.5) is 0 Å². The SMILES string of the molecule is C[C@H](SCc1ccccc1)C(=O)N/N=C\c1cc2c(cc1Br)OCO2. The van der Waals surface area contributed by atoms with Crippen LogP contribution < -0.4 is 14.9 Å². The summed E-state index contributed by atoms with van der Waals surface area (Å²) in [6.07, 6.45) is 1.58. The molecule has 130 valence electrons. The highest BCUT2D eigenvalue weighted by molar-refractivity contribution is 9.10. The second-order valence-corrected chi connectivity index (χ2v) is 7.58. The van der Waals surface area contributed by atoms with Crippen LogP contribution in [0.2, 0.25) is 0 Å². The fraction of sp³-hybridized carbons (Fsp3) is 0.222. The molecule has 0 radical (unpaired) electrons. The molecule has 2 aromatic carbocycles. The third-order valence-electron chi connectivity index (χ3n) is 3.58. The molecule has 25 heavy (non-hydrogen) atoms. The topological polar surface area (TPSA) is 59.9 Å². The van der Waals surface area contributed by atoms with Gasteiger partial charge in [-0.1, -0.05) is 30.3 Å². The van der Waals surface area contributed by atoms with Gasteiger partial charge in [0.2, 0.25) is 6.79 Å². The van der Waals surface area contributed by atoms with Gasteiger partial charge in [-0.15, -0.1) is 11.8 Å². The van der Waals surface area contributed by atoms with Gasteiger partial charge < -0.3 is 9.47 Å². The predicted octanol–water partition coefficient (Wildman–Crippen LogP) is 3.95. The zero-order chi connectivity index (χ0) is 17.6. The molecule has 1 amide bonds. The molecule has 0 saturated carbocycles. The molecule has 3 rings (SSSR count). The monoisotopic (exact) mass is 420 g/mol. The molecule has 0 spiro atoms. The molecule has 1 N–H and O–H groups in total. The Morgan fingerprint density at radius 3 is 2.80 bits per heavy atom. The third kappa shape index (κ3) is 4.76. The van der Waals surface area contributed by atoms with E-state index < -0.39 is 0 Å². The minimum atomic E-state index is -0.197. The van der Waals surface area contributed by atoms with Crippen LogP contribution in [0.3, 0.4) is 0 Å². The molecule has 1 aliphatic rings. The molecule has 0 unspecified atom stereocenters. The maximum Gasteiger partial charge on any atom is 0.252 e. The summed E-state index contributed by atoms with van der Waals surface area (Å²) in [6, 6.07) is 13.7. The lowest BCUT2D eigenvalue weighted by molar-refractivity contribution is -0.120. The first kappa shape index (κ1) is 17.8. The van der Waals surface area contributed by atoms with Crippen molar-refractivity contribution in [2.45, 2.75) is 17.9 Å². The van der Waals surface area contributed by atoms with E-state index >= 15 is 0 Å².